The zero-order valence-corrected chi connectivity index (χ0v) is 20.2. The maximum atomic E-state index is 10.2. The second kappa shape index (κ2) is 31.3. The number of hydroxylamine groups is 2. The number of hydrogen-bond donors (Lipinski definition) is 6. The van der Waals surface area contributed by atoms with Gasteiger partial charge in [-0.3, -0.25) is 29.2 Å². The standard InChI is InChI=1S/C5H9NO.C3H7NO2.C3H7NS.C2H5NO2.C2H5NO.C2H6O/c1-4(7)6-5-2-3-5;1-3(5)4-6-2;1-3(5)4-2;1-2(4)3-5;1-2(3)4;1-3-2/h5H,2-3H2,1H3,(H,6,7);1-2H3,(H,4,5);1-2H3,(H,4,5);5H,1H3,(H,3,4);1H3,(H2,3,4);1-2H3. The predicted octanol–water partition coefficient (Wildman–Crippen LogP) is -0.212. The Labute approximate surface area is 184 Å². The fourth-order valence-corrected chi connectivity index (χ4v) is 0.659. The maximum Gasteiger partial charge on any atom is 0.240 e. The molecule has 12 nitrogen and oxygen atoms in total. The van der Waals surface area contributed by atoms with Gasteiger partial charge in [0.1, 0.15) is 0 Å². The van der Waals surface area contributed by atoms with Crippen LogP contribution in [0.1, 0.15) is 47.5 Å². The van der Waals surface area contributed by atoms with Crippen molar-refractivity contribution in [1.29, 1.82) is 0 Å². The fourth-order valence-electron chi connectivity index (χ4n) is 0.659. The van der Waals surface area contributed by atoms with Crippen LogP contribution in [-0.2, 0) is 28.8 Å². The lowest BCUT2D eigenvalue weighted by atomic mass is 10.6. The van der Waals surface area contributed by atoms with Crippen LogP contribution in [0.5, 0.6) is 0 Å². The summed E-state index contributed by atoms with van der Waals surface area (Å²) in [6.07, 6.45) is 2.36. The van der Waals surface area contributed by atoms with E-state index < -0.39 is 5.91 Å². The molecule has 7 N–H and O–H groups in total. The zero-order chi connectivity index (χ0) is 25.1. The van der Waals surface area contributed by atoms with Crippen molar-refractivity contribution in [1.82, 2.24) is 21.6 Å². The number of nitrogens with two attached hydrogens (primary N) is 1. The highest BCUT2D eigenvalue weighted by Gasteiger charge is 2.21. The Bertz CT molecular complexity index is 444. The molecule has 0 radical (unpaired) electrons. The van der Waals surface area contributed by atoms with E-state index in [0.29, 0.717) is 6.04 Å². The van der Waals surface area contributed by atoms with Crippen LogP contribution < -0.4 is 27.3 Å². The Hall–Kier alpha value is -2.35. The average Bonchev–Trinajstić information content (AvgIpc) is 3.39. The normalized spacial score (nSPS) is 9.67. The van der Waals surface area contributed by atoms with Crippen molar-refractivity contribution >= 4 is 40.8 Å². The average molecular weight is 458 g/mol. The highest BCUT2D eigenvalue weighted by molar-refractivity contribution is 7.80. The van der Waals surface area contributed by atoms with Crippen LogP contribution >= 0.6 is 12.2 Å². The number of hydrogen-bond acceptors (Lipinski definition) is 8. The molecular formula is C17H39N5O7S. The van der Waals surface area contributed by atoms with E-state index in [1.807, 2.05) is 14.0 Å². The third-order valence-corrected chi connectivity index (χ3v) is 1.94. The minimum Gasteiger partial charge on any atom is -0.388 e. The van der Waals surface area contributed by atoms with Gasteiger partial charge < -0.3 is 21.1 Å². The Kier molecular flexibility index (Phi) is 40.0. The zero-order valence-electron chi connectivity index (χ0n) is 19.4. The van der Waals surface area contributed by atoms with Crippen LogP contribution in [-0.4, -0.2) is 68.2 Å². The number of methoxy groups -OCH3 is 1. The van der Waals surface area contributed by atoms with Crippen molar-refractivity contribution < 1.29 is 34.0 Å². The summed E-state index contributed by atoms with van der Waals surface area (Å²) in [5.74, 6) is -0.856. The first-order valence-electron chi connectivity index (χ1n) is 8.57. The lowest BCUT2D eigenvalue weighted by molar-refractivity contribution is -0.129. The third-order valence-electron chi connectivity index (χ3n) is 1.74. The van der Waals surface area contributed by atoms with E-state index >= 15 is 0 Å². The first-order valence-corrected chi connectivity index (χ1v) is 8.98. The number of primary amides is 1. The number of thiocarbonyl (C=S) groups is 1. The van der Waals surface area contributed by atoms with Crippen LogP contribution in [0.15, 0.2) is 0 Å². The molecule has 0 aromatic rings. The summed E-state index contributed by atoms with van der Waals surface area (Å²) in [6.45, 7) is 7.30. The largest absolute Gasteiger partial charge is 0.388 e. The van der Waals surface area contributed by atoms with Crippen LogP contribution in [0.2, 0.25) is 0 Å². The van der Waals surface area contributed by atoms with Gasteiger partial charge in [0.25, 0.3) is 0 Å². The Balaban J connectivity index is -0.0000000852. The topological polar surface area (TPSA) is 181 Å². The van der Waals surface area contributed by atoms with E-state index in [1.54, 1.807) is 21.1 Å². The van der Waals surface area contributed by atoms with Crippen LogP contribution in [0.3, 0.4) is 0 Å². The highest BCUT2D eigenvalue weighted by Crippen LogP contribution is 2.17. The van der Waals surface area contributed by atoms with Gasteiger partial charge in [-0.25, -0.2) is 11.0 Å². The van der Waals surface area contributed by atoms with Gasteiger partial charge in [0.2, 0.25) is 23.6 Å². The van der Waals surface area contributed by atoms with Gasteiger partial charge in [-0.05, 0) is 19.8 Å². The quantitative estimate of drug-likeness (QED) is 0.186. The number of ether oxygens (including phenoxy) is 1. The smallest absolute Gasteiger partial charge is 0.240 e. The molecule has 1 rings (SSSR count). The van der Waals surface area contributed by atoms with Crippen molar-refractivity contribution in [2.45, 2.75) is 53.5 Å². The summed E-state index contributed by atoms with van der Waals surface area (Å²) in [5.41, 5.74) is 7.93. The molecule has 0 unspecified atom stereocenters. The van der Waals surface area contributed by atoms with E-state index in [9.17, 15) is 19.2 Å². The summed E-state index contributed by atoms with van der Waals surface area (Å²) in [4.78, 5) is 43.7. The third kappa shape index (κ3) is 115. The molecule has 1 saturated carbocycles. The molecule has 0 aliphatic heterocycles. The number of carbonyl (C=O) groups is 4. The molecular weight excluding hydrogens is 418 g/mol. The first-order chi connectivity index (χ1) is 13.7. The SMILES string of the molecule is CC(=O)NC1CC1.CC(=O)NO.CC(N)=O.CNC(C)=S.COC.CONC(C)=O. The maximum absolute atomic E-state index is 10.2. The van der Waals surface area contributed by atoms with Crippen molar-refractivity contribution in [3.63, 3.8) is 0 Å². The lowest BCUT2D eigenvalue weighted by Gasteiger charge is -1.91. The number of nitrogens with one attached hydrogen (secondary N) is 4. The fraction of sp³-hybridized carbons (Fsp3) is 0.706. The summed E-state index contributed by atoms with van der Waals surface area (Å²) in [7, 11) is 6.45. The molecule has 13 heteroatoms. The summed E-state index contributed by atoms with van der Waals surface area (Å²) in [5, 5.41) is 13.1. The second-order valence-corrected chi connectivity index (χ2v) is 5.94. The Morgan fingerprint density at radius 1 is 0.933 bits per heavy atom. The predicted molar refractivity (Wildman–Crippen MR) is 118 cm³/mol. The first kappa shape index (κ1) is 38.3. The van der Waals surface area contributed by atoms with Crippen molar-refractivity contribution in [3.8, 4) is 0 Å². The molecule has 0 heterocycles. The molecule has 180 valence electrons. The van der Waals surface area contributed by atoms with E-state index in [2.05, 4.69) is 43.6 Å². The molecule has 0 atom stereocenters. The van der Waals surface area contributed by atoms with Crippen molar-refractivity contribution in [2.75, 3.05) is 28.4 Å². The summed E-state index contributed by atoms with van der Waals surface area (Å²) >= 11 is 4.59. The van der Waals surface area contributed by atoms with Gasteiger partial charge in [0.15, 0.2) is 0 Å². The molecule has 0 saturated heterocycles. The van der Waals surface area contributed by atoms with E-state index in [1.165, 1.54) is 46.2 Å². The Morgan fingerprint density at radius 3 is 1.27 bits per heavy atom. The summed E-state index contributed by atoms with van der Waals surface area (Å²) < 4.78 is 4.25. The molecule has 0 bridgehead atoms. The minimum absolute atomic E-state index is 0.0995. The van der Waals surface area contributed by atoms with Gasteiger partial charge >= 0.3 is 0 Å². The van der Waals surface area contributed by atoms with E-state index in [0.717, 1.165) is 4.99 Å². The van der Waals surface area contributed by atoms with Crippen LogP contribution in [0.4, 0.5) is 0 Å². The monoisotopic (exact) mass is 457 g/mol. The van der Waals surface area contributed by atoms with Gasteiger partial charge in [-0.2, -0.15) is 0 Å². The van der Waals surface area contributed by atoms with E-state index in [4.69, 9.17) is 5.21 Å². The molecule has 0 aromatic heterocycles. The summed E-state index contributed by atoms with van der Waals surface area (Å²) in [6, 6.07) is 0.525. The molecule has 0 spiro atoms. The highest BCUT2D eigenvalue weighted by atomic mass is 32.1. The van der Waals surface area contributed by atoms with Gasteiger partial charge in [0, 0.05) is 55.0 Å². The van der Waals surface area contributed by atoms with Crippen LogP contribution in [0, 0.1) is 0 Å². The molecule has 0 aromatic carbocycles. The molecule has 1 fully saturated rings. The van der Waals surface area contributed by atoms with Gasteiger partial charge in [-0.15, -0.1) is 0 Å². The molecule has 1 aliphatic carbocycles. The van der Waals surface area contributed by atoms with Gasteiger partial charge in [-0.1, -0.05) is 12.2 Å². The van der Waals surface area contributed by atoms with Crippen molar-refractivity contribution in [2.24, 2.45) is 5.73 Å². The van der Waals surface area contributed by atoms with Crippen LogP contribution in [0.25, 0.3) is 0 Å². The second-order valence-electron chi connectivity index (χ2n) is 5.33. The minimum atomic E-state index is -0.440. The molecule has 4 amide bonds. The Morgan fingerprint density at radius 2 is 1.23 bits per heavy atom. The number of amides is 4. The lowest BCUT2D eigenvalue weighted by Crippen LogP contribution is -2.21. The van der Waals surface area contributed by atoms with Gasteiger partial charge in [0.05, 0.1) is 12.1 Å². The van der Waals surface area contributed by atoms with E-state index in [-0.39, 0.29) is 17.7 Å². The molecule has 30 heavy (non-hydrogen) atoms. The van der Waals surface area contributed by atoms with Crippen molar-refractivity contribution in [3.05, 3.63) is 0 Å². The molecule has 1 aliphatic rings. The number of carbonyl (C=O) groups excluding carboxylic acids is 4. The number of rotatable bonds is 2.